The van der Waals surface area contributed by atoms with Crippen LogP contribution >= 0.6 is 23.1 Å². The Balaban J connectivity index is 0.856. The lowest BCUT2D eigenvalue weighted by Crippen LogP contribution is -2.60. The van der Waals surface area contributed by atoms with Crippen molar-refractivity contribution in [3.8, 4) is 28.0 Å². The number of hydrogen-bond donors (Lipinski definition) is 3. The van der Waals surface area contributed by atoms with Gasteiger partial charge in [-0.3, -0.25) is 34.1 Å². The van der Waals surface area contributed by atoms with E-state index >= 15 is 0 Å². The van der Waals surface area contributed by atoms with Crippen LogP contribution in [-0.2, 0) is 21.2 Å². The summed E-state index contributed by atoms with van der Waals surface area (Å²) in [6, 6.07) is 24.3. The number of aryl methyl sites for hydroxylation is 1. The van der Waals surface area contributed by atoms with Gasteiger partial charge in [-0.15, -0.1) is 0 Å². The highest BCUT2D eigenvalue weighted by molar-refractivity contribution is 9.10. The smallest absolute Gasteiger partial charge is 0.262 e. The van der Waals surface area contributed by atoms with Crippen molar-refractivity contribution in [3.63, 3.8) is 0 Å². The molecule has 4 aromatic carbocycles. The number of benzene rings is 4. The third-order valence-corrected chi connectivity index (χ3v) is 15.4. The Bertz CT molecular complexity index is 3050. The number of methoxy groups -OCH3 is 1. The SMILES string of the molecule is COc1cc(N2CCC3(CC2)CN(c2ccc4c(c2)C(=O)N(C2CCC(=O)NC2=O)C4=O)C3)c(-c2cnn(C)c2)cc1Nc1ncc(Br)c(Nc2ccc(-c3ccccc3)cc2P(C)(C)=O)n1. The van der Waals surface area contributed by atoms with Gasteiger partial charge in [-0.25, -0.2) is 4.98 Å². The van der Waals surface area contributed by atoms with Crippen LogP contribution in [-0.4, -0.2) is 101 Å². The van der Waals surface area contributed by atoms with E-state index in [1.165, 1.54) is 0 Å². The van der Waals surface area contributed by atoms with Crippen molar-refractivity contribution in [3.05, 3.63) is 113 Å². The lowest BCUT2D eigenvalue weighted by molar-refractivity contribution is -0.136. The molecule has 4 amide bonds. The van der Waals surface area contributed by atoms with Crippen molar-refractivity contribution in [2.75, 3.05) is 67.1 Å². The number of carbonyl (C=O) groups excluding carboxylic acids is 4. The van der Waals surface area contributed by atoms with Crippen LogP contribution in [0, 0.1) is 5.41 Å². The fourth-order valence-electron chi connectivity index (χ4n) is 9.68. The summed E-state index contributed by atoms with van der Waals surface area (Å²) in [4.78, 5) is 66.2. The van der Waals surface area contributed by atoms with E-state index in [1.807, 2.05) is 80.1 Å². The fourth-order valence-corrected chi connectivity index (χ4v) is 11.1. The van der Waals surface area contributed by atoms with Crippen molar-refractivity contribution in [2.24, 2.45) is 12.5 Å². The van der Waals surface area contributed by atoms with E-state index in [2.05, 4.69) is 57.8 Å². The van der Waals surface area contributed by atoms with Crippen LogP contribution in [0.4, 0.5) is 34.5 Å². The molecule has 0 bridgehead atoms. The van der Waals surface area contributed by atoms with Crippen molar-refractivity contribution < 1.29 is 28.5 Å². The molecule has 67 heavy (non-hydrogen) atoms. The molecule has 3 saturated heterocycles. The van der Waals surface area contributed by atoms with E-state index in [0.717, 1.165) is 77.5 Å². The van der Waals surface area contributed by atoms with Gasteiger partial charge in [0, 0.05) is 91.3 Å². The van der Waals surface area contributed by atoms with Gasteiger partial charge in [0.05, 0.1) is 40.3 Å². The van der Waals surface area contributed by atoms with Crippen LogP contribution in [0.1, 0.15) is 46.4 Å². The Morgan fingerprint density at radius 1 is 0.821 bits per heavy atom. The first-order chi connectivity index (χ1) is 32.2. The molecule has 3 N–H and O–H groups in total. The van der Waals surface area contributed by atoms with E-state index in [9.17, 15) is 23.7 Å². The average molecular weight is 984 g/mol. The molecule has 1 spiro atoms. The highest BCUT2D eigenvalue weighted by Gasteiger charge is 2.48. The number of aromatic nitrogens is 4. The lowest BCUT2D eigenvalue weighted by atomic mass is 9.71. The summed E-state index contributed by atoms with van der Waals surface area (Å²) in [5.74, 6) is -0.610. The number of nitrogens with one attached hydrogen (secondary N) is 3. The molecule has 0 radical (unpaired) electrons. The Morgan fingerprint density at radius 2 is 1.58 bits per heavy atom. The van der Waals surface area contributed by atoms with Crippen molar-refractivity contribution in [2.45, 2.75) is 31.7 Å². The second-order valence-electron chi connectivity index (χ2n) is 18.1. The maximum Gasteiger partial charge on any atom is 0.262 e. The third kappa shape index (κ3) is 8.35. The number of imide groups is 2. The summed E-state index contributed by atoms with van der Waals surface area (Å²) in [6.45, 7) is 6.74. The first-order valence-electron chi connectivity index (χ1n) is 22.1. The number of piperidine rings is 2. The van der Waals surface area contributed by atoms with Crippen molar-refractivity contribution in [1.82, 2.24) is 30.0 Å². The fraction of sp³-hybridized carbons (Fsp3) is 0.286. The zero-order chi connectivity index (χ0) is 46.8. The number of rotatable bonds is 11. The summed E-state index contributed by atoms with van der Waals surface area (Å²) in [6.07, 6.45) is 7.58. The molecule has 3 fully saturated rings. The Labute approximate surface area is 395 Å². The largest absolute Gasteiger partial charge is 0.494 e. The number of amides is 4. The minimum absolute atomic E-state index is 0.0734. The van der Waals surface area contributed by atoms with Gasteiger partial charge in [0.1, 0.15) is 24.8 Å². The van der Waals surface area contributed by atoms with E-state index in [1.54, 1.807) is 43.5 Å². The number of anilines is 6. The highest BCUT2D eigenvalue weighted by Crippen LogP contribution is 2.47. The molecule has 6 heterocycles. The molecule has 6 aromatic rings. The molecule has 4 aliphatic rings. The molecule has 0 saturated carbocycles. The van der Waals surface area contributed by atoms with Crippen LogP contribution in [0.2, 0.25) is 0 Å². The topological polar surface area (TPSA) is 184 Å². The second-order valence-corrected chi connectivity index (χ2v) is 22.1. The van der Waals surface area contributed by atoms with E-state index in [0.29, 0.717) is 38.7 Å². The number of ether oxygens (including phenoxy) is 1. The Kier molecular flexibility index (Phi) is 11.2. The second kappa shape index (κ2) is 17.1. The number of carbonyl (C=O) groups is 4. The maximum absolute atomic E-state index is 13.6. The van der Waals surface area contributed by atoms with Gasteiger partial charge >= 0.3 is 0 Å². The van der Waals surface area contributed by atoms with Crippen LogP contribution in [0.3, 0.4) is 0 Å². The molecular formula is C49H48BrN10O6P. The number of hydrogen-bond acceptors (Lipinski definition) is 13. The van der Waals surface area contributed by atoms with Gasteiger partial charge in [0.15, 0.2) is 0 Å². The quantitative estimate of drug-likeness (QED) is 0.0855. The molecule has 10 rings (SSSR count). The van der Waals surface area contributed by atoms with Gasteiger partial charge in [0.25, 0.3) is 11.8 Å². The molecule has 0 aliphatic carbocycles. The average Bonchev–Trinajstić information content (AvgIpc) is 3.85. The third-order valence-electron chi connectivity index (χ3n) is 13.3. The Morgan fingerprint density at radius 3 is 2.28 bits per heavy atom. The summed E-state index contributed by atoms with van der Waals surface area (Å²) < 4.78 is 22.1. The minimum atomic E-state index is -2.72. The van der Waals surface area contributed by atoms with Gasteiger partial charge in [-0.1, -0.05) is 36.4 Å². The zero-order valence-electron chi connectivity index (χ0n) is 37.4. The molecule has 4 aliphatic heterocycles. The highest BCUT2D eigenvalue weighted by atomic mass is 79.9. The van der Waals surface area contributed by atoms with Crippen LogP contribution < -0.4 is 35.8 Å². The summed E-state index contributed by atoms with van der Waals surface area (Å²) in [7, 11) is 0.809. The van der Waals surface area contributed by atoms with E-state index in [-0.39, 0.29) is 29.4 Å². The molecule has 2 aromatic heterocycles. The molecule has 1 atom stereocenters. The monoisotopic (exact) mass is 982 g/mol. The molecular weight excluding hydrogens is 935 g/mol. The predicted molar refractivity (Wildman–Crippen MR) is 262 cm³/mol. The van der Waals surface area contributed by atoms with Crippen molar-refractivity contribution >= 4 is 86.5 Å². The van der Waals surface area contributed by atoms with E-state index < -0.39 is 36.8 Å². The zero-order valence-corrected chi connectivity index (χ0v) is 39.9. The van der Waals surface area contributed by atoms with Gasteiger partial charge in [0.2, 0.25) is 17.8 Å². The lowest BCUT2D eigenvalue weighted by Gasteiger charge is -2.55. The number of nitrogens with zero attached hydrogens (tertiary/aromatic N) is 7. The standard InChI is InChI=1S/C49H48BrN10O6P/c1-57-26-31(24-52-57)34-22-38(54-48-51-25-36(50)44(56-48)53-37-13-10-30(20-42(37)67(3,4)65)29-8-6-5-7-9-29)41(66-2)23-40(34)58-18-16-49(17-19-58)27-59(28-49)32-11-12-33-35(21-32)47(64)60(46(33)63)39-14-15-43(61)55-45(39)62/h5-13,20-26,39H,14-19,27-28H2,1-4H3,(H,55,61,62)(H2,51,53,54,56). The van der Waals surface area contributed by atoms with Crippen LogP contribution in [0.5, 0.6) is 5.75 Å². The van der Waals surface area contributed by atoms with E-state index in [4.69, 9.17) is 9.72 Å². The first-order valence-corrected chi connectivity index (χ1v) is 25.4. The molecule has 16 nitrogen and oxygen atoms in total. The maximum atomic E-state index is 13.6. The van der Waals surface area contributed by atoms with Gasteiger partial charge in [-0.05, 0) is 96.0 Å². The minimum Gasteiger partial charge on any atom is -0.494 e. The van der Waals surface area contributed by atoms with Gasteiger partial charge in [-0.2, -0.15) is 10.1 Å². The number of halogens is 1. The summed E-state index contributed by atoms with van der Waals surface area (Å²) in [5, 5.41) is 14.3. The molecule has 342 valence electrons. The molecule has 1 unspecified atom stereocenters. The predicted octanol–water partition coefficient (Wildman–Crippen LogP) is 7.56. The summed E-state index contributed by atoms with van der Waals surface area (Å²) in [5.41, 5.74) is 7.77. The van der Waals surface area contributed by atoms with Crippen LogP contribution in [0.15, 0.2) is 102 Å². The van der Waals surface area contributed by atoms with Gasteiger partial charge < -0.3 is 29.7 Å². The normalized spacial score (nSPS) is 17.9. The van der Waals surface area contributed by atoms with Crippen molar-refractivity contribution in [1.29, 1.82) is 0 Å². The first kappa shape index (κ1) is 44.0. The van der Waals surface area contributed by atoms with Crippen LogP contribution in [0.25, 0.3) is 22.3 Å². The summed E-state index contributed by atoms with van der Waals surface area (Å²) >= 11 is 3.62. The number of fused-ring (bicyclic) bond motifs is 1. The molecule has 18 heteroatoms. The Hall–Kier alpha value is -6.84.